The van der Waals surface area contributed by atoms with Gasteiger partial charge >= 0.3 is 0 Å². The number of H-pyrrole nitrogens is 1. The number of methoxy groups -OCH3 is 1. The number of nitrogens with two attached hydrogens (primary N) is 1. The summed E-state index contributed by atoms with van der Waals surface area (Å²) >= 11 is 0. The zero-order chi connectivity index (χ0) is 17.8. The molecule has 0 amide bonds. The number of hydrogen-bond acceptors (Lipinski definition) is 5. The lowest BCUT2D eigenvalue weighted by atomic mass is 10.1. The monoisotopic (exact) mass is 412 g/mol. The van der Waals surface area contributed by atoms with Crippen LogP contribution in [0.3, 0.4) is 0 Å². The van der Waals surface area contributed by atoms with Crippen LogP contribution in [0.4, 0.5) is 5.82 Å². The number of aromatic nitrogens is 2. The molecule has 0 aliphatic heterocycles. The van der Waals surface area contributed by atoms with E-state index >= 15 is 0 Å². The number of nitrogens with one attached hydrogen (secondary N) is 2. The fraction of sp³-hybridized carbons (Fsp3) is 0.316. The number of aliphatic hydroxyl groups is 1. The molecular weight excluding hydrogens is 387 g/mol. The molecule has 1 atom stereocenters. The molecule has 1 aromatic carbocycles. The number of fused-ring (bicyclic) bond motifs is 1. The van der Waals surface area contributed by atoms with Gasteiger partial charge in [-0.3, -0.25) is 0 Å². The minimum absolute atomic E-state index is 0. The number of halogens is 2. The van der Waals surface area contributed by atoms with Crippen LogP contribution in [0.2, 0.25) is 0 Å². The smallest absolute Gasteiger partial charge is 0.123 e. The van der Waals surface area contributed by atoms with Gasteiger partial charge in [-0.2, -0.15) is 0 Å². The van der Waals surface area contributed by atoms with Crippen molar-refractivity contribution in [3.63, 3.8) is 0 Å². The average molecular weight is 413 g/mol. The lowest BCUT2D eigenvalue weighted by Gasteiger charge is -2.15. The second kappa shape index (κ2) is 10.4. The molecule has 0 saturated heterocycles. The zero-order valence-electron chi connectivity index (χ0n) is 15.4. The number of nitrogens with zero attached hydrogens (tertiary/aromatic N) is 1. The van der Waals surface area contributed by atoms with Crippen molar-refractivity contribution in [3.05, 3.63) is 53.3 Å². The first kappa shape index (κ1) is 23.0. The SMILES string of the molecule is COc1ccc2[nH]cc(C[C@H](C)NCc3nc(N)ccc3CO)c2c1.Cl.Cl. The summed E-state index contributed by atoms with van der Waals surface area (Å²) in [6, 6.07) is 9.79. The molecular formula is C19H26Cl2N4O2. The predicted octanol–water partition coefficient (Wildman–Crippen LogP) is 3.21. The van der Waals surface area contributed by atoms with Crippen molar-refractivity contribution in [2.45, 2.75) is 32.5 Å². The van der Waals surface area contributed by atoms with E-state index in [1.54, 1.807) is 13.2 Å². The number of aliphatic hydroxyl groups excluding tert-OH is 1. The molecule has 0 spiro atoms. The molecule has 5 N–H and O–H groups in total. The summed E-state index contributed by atoms with van der Waals surface area (Å²) < 4.78 is 5.32. The Bertz CT molecular complexity index is 870. The van der Waals surface area contributed by atoms with E-state index in [0.29, 0.717) is 12.4 Å². The first-order valence-electron chi connectivity index (χ1n) is 8.33. The highest BCUT2D eigenvalue weighted by atomic mass is 35.5. The maximum Gasteiger partial charge on any atom is 0.123 e. The lowest BCUT2D eigenvalue weighted by Crippen LogP contribution is -2.28. The molecule has 8 heteroatoms. The molecule has 2 heterocycles. The summed E-state index contributed by atoms with van der Waals surface area (Å²) in [5, 5.41) is 14.1. The molecule has 0 aliphatic rings. The number of nitrogen functional groups attached to an aromatic ring is 1. The molecule has 2 aromatic heterocycles. The first-order chi connectivity index (χ1) is 12.1. The molecule has 0 aliphatic carbocycles. The molecule has 6 nitrogen and oxygen atoms in total. The van der Waals surface area contributed by atoms with Gasteiger partial charge in [-0.1, -0.05) is 6.07 Å². The Morgan fingerprint density at radius 2 is 2.00 bits per heavy atom. The molecule has 0 bridgehead atoms. The number of hydrogen-bond donors (Lipinski definition) is 4. The van der Waals surface area contributed by atoms with E-state index in [1.165, 1.54) is 10.9 Å². The van der Waals surface area contributed by atoms with Gasteiger partial charge in [0.15, 0.2) is 0 Å². The van der Waals surface area contributed by atoms with Crippen LogP contribution in [0.5, 0.6) is 5.75 Å². The number of ether oxygens (including phenoxy) is 1. The van der Waals surface area contributed by atoms with Crippen molar-refractivity contribution >= 4 is 41.5 Å². The van der Waals surface area contributed by atoms with Crippen molar-refractivity contribution in [2.24, 2.45) is 0 Å². The van der Waals surface area contributed by atoms with Crippen molar-refractivity contribution < 1.29 is 9.84 Å². The highest BCUT2D eigenvalue weighted by Crippen LogP contribution is 2.24. The third kappa shape index (κ3) is 5.49. The standard InChI is InChI=1S/C19H24N4O2.2ClH/c1-12(21-10-18-13(11-24)3-6-19(20)23-18)7-14-9-22-17-5-4-15(25-2)8-16(14)17;;/h3-6,8-9,12,21-22,24H,7,10-11H2,1-2H3,(H2,20,23);2*1H/t12-;;/m0../s1. The summed E-state index contributed by atoms with van der Waals surface area (Å²) in [7, 11) is 1.68. The van der Waals surface area contributed by atoms with Crippen LogP contribution >= 0.6 is 24.8 Å². The Kier molecular flexibility index (Phi) is 8.85. The number of aromatic amines is 1. The minimum atomic E-state index is -0.0408. The molecule has 3 aromatic rings. The predicted molar refractivity (Wildman–Crippen MR) is 114 cm³/mol. The van der Waals surface area contributed by atoms with Crippen LogP contribution < -0.4 is 15.8 Å². The highest BCUT2D eigenvalue weighted by molar-refractivity contribution is 5.86. The van der Waals surface area contributed by atoms with Gasteiger partial charge in [-0.05, 0) is 43.2 Å². The Hall–Kier alpha value is -1.99. The highest BCUT2D eigenvalue weighted by Gasteiger charge is 2.11. The first-order valence-corrected chi connectivity index (χ1v) is 8.33. The summed E-state index contributed by atoms with van der Waals surface area (Å²) in [6.45, 7) is 2.65. The maximum absolute atomic E-state index is 9.43. The second-order valence-electron chi connectivity index (χ2n) is 6.21. The topological polar surface area (TPSA) is 96.2 Å². The van der Waals surface area contributed by atoms with Crippen LogP contribution in [0.15, 0.2) is 36.5 Å². The third-order valence-electron chi connectivity index (χ3n) is 4.38. The Morgan fingerprint density at radius 3 is 2.70 bits per heavy atom. The number of anilines is 1. The quantitative estimate of drug-likeness (QED) is 0.477. The van der Waals surface area contributed by atoms with Crippen LogP contribution in [0, 0.1) is 0 Å². The normalized spacial score (nSPS) is 11.5. The van der Waals surface area contributed by atoms with Crippen molar-refractivity contribution in [1.29, 1.82) is 0 Å². The molecule has 27 heavy (non-hydrogen) atoms. The van der Waals surface area contributed by atoms with Gasteiger partial charge in [0.25, 0.3) is 0 Å². The maximum atomic E-state index is 9.43. The van der Waals surface area contributed by atoms with Crippen LogP contribution in [-0.2, 0) is 19.6 Å². The summed E-state index contributed by atoms with van der Waals surface area (Å²) in [4.78, 5) is 7.62. The molecule has 0 unspecified atom stereocenters. The number of pyridine rings is 1. The Balaban J connectivity index is 0.00000182. The molecule has 0 radical (unpaired) electrons. The van der Waals surface area contributed by atoms with Crippen LogP contribution in [-0.4, -0.2) is 28.2 Å². The van der Waals surface area contributed by atoms with Crippen LogP contribution in [0.1, 0.15) is 23.7 Å². The van der Waals surface area contributed by atoms with Gasteiger partial charge in [-0.15, -0.1) is 24.8 Å². The molecule has 148 valence electrons. The van der Waals surface area contributed by atoms with E-state index in [9.17, 15) is 5.11 Å². The lowest BCUT2D eigenvalue weighted by molar-refractivity contribution is 0.279. The van der Waals surface area contributed by atoms with Gasteiger partial charge in [0, 0.05) is 35.2 Å². The zero-order valence-corrected chi connectivity index (χ0v) is 17.0. The van der Waals surface area contributed by atoms with E-state index < -0.39 is 0 Å². The number of rotatable bonds is 7. The molecule has 3 rings (SSSR count). The van der Waals surface area contributed by atoms with Crippen molar-refractivity contribution in [1.82, 2.24) is 15.3 Å². The van der Waals surface area contributed by atoms with E-state index in [-0.39, 0.29) is 37.5 Å². The van der Waals surface area contributed by atoms with E-state index in [1.807, 2.05) is 24.4 Å². The van der Waals surface area contributed by atoms with Gasteiger partial charge < -0.3 is 25.9 Å². The molecule has 0 fully saturated rings. The van der Waals surface area contributed by atoms with E-state index in [2.05, 4.69) is 28.3 Å². The Labute approximate surface area is 171 Å². The second-order valence-corrected chi connectivity index (χ2v) is 6.21. The Morgan fingerprint density at radius 1 is 1.22 bits per heavy atom. The number of benzene rings is 1. The van der Waals surface area contributed by atoms with E-state index in [4.69, 9.17) is 10.5 Å². The fourth-order valence-electron chi connectivity index (χ4n) is 2.97. The summed E-state index contributed by atoms with van der Waals surface area (Å²) in [5.41, 5.74) is 9.67. The van der Waals surface area contributed by atoms with Crippen LogP contribution in [0.25, 0.3) is 10.9 Å². The van der Waals surface area contributed by atoms with Gasteiger partial charge in [-0.25, -0.2) is 4.98 Å². The largest absolute Gasteiger partial charge is 0.497 e. The summed E-state index contributed by atoms with van der Waals surface area (Å²) in [5.74, 6) is 1.32. The molecule has 0 saturated carbocycles. The third-order valence-corrected chi connectivity index (χ3v) is 4.38. The summed E-state index contributed by atoms with van der Waals surface area (Å²) in [6.07, 6.45) is 2.91. The van der Waals surface area contributed by atoms with Gasteiger partial charge in [0.1, 0.15) is 11.6 Å². The van der Waals surface area contributed by atoms with Gasteiger partial charge in [0.05, 0.1) is 19.4 Å². The fourth-order valence-corrected chi connectivity index (χ4v) is 2.97. The average Bonchev–Trinajstić information content (AvgIpc) is 3.02. The van der Waals surface area contributed by atoms with Crippen molar-refractivity contribution in [3.8, 4) is 5.75 Å². The van der Waals surface area contributed by atoms with Crippen molar-refractivity contribution in [2.75, 3.05) is 12.8 Å². The van der Waals surface area contributed by atoms with Gasteiger partial charge in [0.2, 0.25) is 0 Å². The van der Waals surface area contributed by atoms with E-state index in [0.717, 1.165) is 28.9 Å². The minimum Gasteiger partial charge on any atom is -0.497 e.